The normalized spacial score (nSPS) is 16.9. The highest BCUT2D eigenvalue weighted by molar-refractivity contribution is 6.07. The van der Waals surface area contributed by atoms with Crippen LogP contribution in [0.25, 0.3) is 28.0 Å². The molecule has 1 aliphatic rings. The minimum atomic E-state index is -1.28. The molecule has 0 saturated heterocycles. The van der Waals surface area contributed by atoms with Gasteiger partial charge in [0.05, 0.1) is 0 Å². The maximum Gasteiger partial charge on any atom is 0.221 e. The predicted octanol–water partition coefficient (Wildman–Crippen LogP) is 7.43. The number of benzene rings is 5. The Balaban J connectivity index is 1.65. The summed E-state index contributed by atoms with van der Waals surface area (Å²) in [6.07, 6.45) is 3.51. The van der Waals surface area contributed by atoms with E-state index in [4.69, 9.17) is 4.74 Å². The van der Waals surface area contributed by atoms with Crippen molar-refractivity contribution < 1.29 is 9.53 Å². The zero-order valence-corrected chi connectivity index (χ0v) is 18.5. The second-order valence-corrected chi connectivity index (χ2v) is 8.46. The summed E-state index contributed by atoms with van der Waals surface area (Å²) in [7, 11) is 0. The van der Waals surface area contributed by atoms with Crippen LogP contribution in [0.1, 0.15) is 16.7 Å². The van der Waals surface area contributed by atoms with Crippen LogP contribution in [0.3, 0.4) is 0 Å². The van der Waals surface area contributed by atoms with Gasteiger partial charge in [0.25, 0.3) is 0 Å². The highest BCUT2D eigenvalue weighted by Crippen LogP contribution is 2.45. The number of hydrogen-bond donors (Lipinski definition) is 0. The summed E-state index contributed by atoms with van der Waals surface area (Å²) >= 11 is 0. The molecular weight excluding hydrogens is 416 g/mol. The third-order valence-corrected chi connectivity index (χ3v) is 6.50. The van der Waals surface area contributed by atoms with Crippen LogP contribution >= 0.6 is 0 Å². The molecule has 0 aliphatic heterocycles. The number of ether oxygens (including phenoxy) is 1. The lowest BCUT2D eigenvalue weighted by Gasteiger charge is -2.37. The van der Waals surface area contributed by atoms with Gasteiger partial charge in [-0.15, -0.1) is 0 Å². The van der Waals surface area contributed by atoms with Gasteiger partial charge >= 0.3 is 0 Å². The van der Waals surface area contributed by atoms with E-state index in [1.54, 1.807) is 6.08 Å². The van der Waals surface area contributed by atoms with Gasteiger partial charge in [0, 0.05) is 16.7 Å². The molecule has 0 N–H and O–H groups in total. The Bertz CT molecular complexity index is 1530. The molecule has 162 valence electrons. The zero-order valence-electron chi connectivity index (χ0n) is 18.5. The summed E-state index contributed by atoms with van der Waals surface area (Å²) in [6.45, 7) is 0. The minimum Gasteiger partial charge on any atom is -0.469 e. The van der Waals surface area contributed by atoms with Gasteiger partial charge in [0.2, 0.25) is 11.4 Å². The van der Waals surface area contributed by atoms with Crippen LogP contribution in [0.4, 0.5) is 0 Å². The van der Waals surface area contributed by atoms with E-state index in [1.807, 2.05) is 97.1 Å². The topological polar surface area (TPSA) is 26.3 Å². The molecular formula is C32H22O2. The Labute approximate surface area is 198 Å². The summed E-state index contributed by atoms with van der Waals surface area (Å²) in [4.78, 5) is 13.8. The standard InChI is InChI=1S/C32H22O2/c33-30-22-20-24-12-8-10-18-28(24)32(30,26-15-5-2-6-16-26)34-29-21-19-23-11-7-9-17-27(23)31(29)25-13-3-1-4-14-25/h1-22H. The molecule has 0 radical (unpaired) electrons. The largest absolute Gasteiger partial charge is 0.469 e. The lowest BCUT2D eigenvalue weighted by Crippen LogP contribution is -2.44. The molecule has 6 rings (SSSR count). The molecule has 1 atom stereocenters. The van der Waals surface area contributed by atoms with Crippen LogP contribution < -0.4 is 4.74 Å². The van der Waals surface area contributed by atoms with Crippen molar-refractivity contribution in [3.8, 4) is 16.9 Å². The van der Waals surface area contributed by atoms with Gasteiger partial charge in [-0.2, -0.15) is 0 Å². The lowest BCUT2D eigenvalue weighted by molar-refractivity contribution is -0.127. The fourth-order valence-corrected chi connectivity index (χ4v) is 4.92. The molecule has 0 spiro atoms. The second kappa shape index (κ2) is 8.17. The van der Waals surface area contributed by atoms with Crippen molar-refractivity contribution in [1.82, 2.24) is 0 Å². The zero-order chi connectivity index (χ0) is 23.0. The van der Waals surface area contributed by atoms with Crippen molar-refractivity contribution in [1.29, 1.82) is 0 Å². The highest BCUT2D eigenvalue weighted by atomic mass is 16.5. The van der Waals surface area contributed by atoms with Crippen molar-refractivity contribution >= 4 is 22.6 Å². The van der Waals surface area contributed by atoms with Crippen molar-refractivity contribution in [3.63, 3.8) is 0 Å². The molecule has 34 heavy (non-hydrogen) atoms. The van der Waals surface area contributed by atoms with E-state index >= 15 is 0 Å². The van der Waals surface area contributed by atoms with E-state index in [0.717, 1.165) is 38.6 Å². The Morgan fingerprint density at radius 2 is 1.26 bits per heavy atom. The number of fused-ring (bicyclic) bond motifs is 2. The summed E-state index contributed by atoms with van der Waals surface area (Å²) in [5, 5.41) is 2.21. The number of ketones is 1. The molecule has 2 nitrogen and oxygen atoms in total. The average molecular weight is 439 g/mol. The van der Waals surface area contributed by atoms with Gasteiger partial charge in [0.15, 0.2) is 0 Å². The summed E-state index contributed by atoms with van der Waals surface area (Å²) < 4.78 is 6.96. The smallest absolute Gasteiger partial charge is 0.221 e. The van der Waals surface area contributed by atoms with E-state index in [1.165, 1.54) is 0 Å². The number of carbonyl (C=O) groups excluding carboxylic acids is 1. The quantitative estimate of drug-likeness (QED) is 0.292. The second-order valence-electron chi connectivity index (χ2n) is 8.46. The van der Waals surface area contributed by atoms with Crippen LogP contribution in [0, 0.1) is 0 Å². The average Bonchev–Trinajstić information content (AvgIpc) is 2.91. The van der Waals surface area contributed by atoms with E-state index in [-0.39, 0.29) is 5.78 Å². The Morgan fingerprint density at radius 3 is 2.09 bits per heavy atom. The van der Waals surface area contributed by atoms with E-state index in [2.05, 4.69) is 30.3 Å². The third kappa shape index (κ3) is 3.15. The fourth-order valence-electron chi connectivity index (χ4n) is 4.92. The highest BCUT2D eigenvalue weighted by Gasteiger charge is 2.46. The number of rotatable bonds is 4. The molecule has 1 aliphatic carbocycles. The molecule has 0 aromatic heterocycles. The molecule has 0 amide bonds. The van der Waals surface area contributed by atoms with Gasteiger partial charge in [-0.1, -0.05) is 121 Å². The van der Waals surface area contributed by atoms with Gasteiger partial charge in [-0.05, 0) is 34.0 Å². The van der Waals surface area contributed by atoms with Crippen LogP contribution in [-0.4, -0.2) is 5.78 Å². The van der Waals surface area contributed by atoms with Crippen LogP contribution in [0.2, 0.25) is 0 Å². The Morgan fingerprint density at radius 1 is 0.588 bits per heavy atom. The van der Waals surface area contributed by atoms with E-state index in [0.29, 0.717) is 5.75 Å². The van der Waals surface area contributed by atoms with Crippen LogP contribution in [0.5, 0.6) is 5.75 Å². The summed E-state index contributed by atoms with van der Waals surface area (Å²) in [6, 6.07) is 40.3. The van der Waals surface area contributed by atoms with Crippen molar-refractivity contribution in [2.24, 2.45) is 0 Å². The molecule has 2 heteroatoms. The monoisotopic (exact) mass is 438 g/mol. The lowest BCUT2D eigenvalue weighted by atomic mass is 9.77. The first kappa shape index (κ1) is 20.2. The van der Waals surface area contributed by atoms with Gasteiger partial charge in [0.1, 0.15) is 5.75 Å². The van der Waals surface area contributed by atoms with E-state index < -0.39 is 5.60 Å². The first-order valence-corrected chi connectivity index (χ1v) is 11.4. The summed E-state index contributed by atoms with van der Waals surface area (Å²) in [5.41, 5.74) is 3.38. The van der Waals surface area contributed by atoms with E-state index in [9.17, 15) is 4.79 Å². The Hall–Kier alpha value is -4.43. The molecule has 0 bridgehead atoms. The van der Waals surface area contributed by atoms with Gasteiger partial charge in [-0.3, -0.25) is 4.79 Å². The van der Waals surface area contributed by atoms with Crippen molar-refractivity contribution in [2.75, 3.05) is 0 Å². The Kier molecular flexibility index (Phi) is 4.85. The molecule has 5 aromatic carbocycles. The predicted molar refractivity (Wildman–Crippen MR) is 138 cm³/mol. The van der Waals surface area contributed by atoms with Crippen LogP contribution in [0.15, 0.2) is 127 Å². The third-order valence-electron chi connectivity index (χ3n) is 6.50. The van der Waals surface area contributed by atoms with Crippen LogP contribution in [-0.2, 0) is 10.4 Å². The maximum absolute atomic E-state index is 13.8. The number of hydrogen-bond acceptors (Lipinski definition) is 2. The summed E-state index contributed by atoms with van der Waals surface area (Å²) in [5.74, 6) is 0.580. The molecule has 0 heterocycles. The number of carbonyl (C=O) groups is 1. The van der Waals surface area contributed by atoms with Crippen molar-refractivity contribution in [2.45, 2.75) is 5.60 Å². The maximum atomic E-state index is 13.8. The minimum absolute atomic E-state index is 0.0930. The molecule has 1 unspecified atom stereocenters. The SMILES string of the molecule is O=C1C=Cc2ccccc2C1(Oc1ccc2ccccc2c1-c1ccccc1)c1ccccc1. The molecule has 5 aromatic rings. The fraction of sp³-hybridized carbons (Fsp3) is 0.0312. The molecule has 0 saturated carbocycles. The molecule has 0 fully saturated rings. The van der Waals surface area contributed by atoms with Gasteiger partial charge < -0.3 is 4.74 Å². The first-order chi connectivity index (χ1) is 16.8. The van der Waals surface area contributed by atoms with Crippen molar-refractivity contribution in [3.05, 3.63) is 144 Å². The first-order valence-electron chi connectivity index (χ1n) is 11.4. The van der Waals surface area contributed by atoms with Gasteiger partial charge in [-0.25, -0.2) is 0 Å².